The van der Waals surface area contributed by atoms with E-state index in [1.54, 1.807) is 12.3 Å². The largest absolute Gasteiger partial charge is 0.444 e. The van der Waals surface area contributed by atoms with Crippen molar-refractivity contribution in [3.8, 4) is 22.6 Å². The van der Waals surface area contributed by atoms with Gasteiger partial charge in [-0.2, -0.15) is 0 Å². The molecule has 0 saturated carbocycles. The number of hydrogen-bond acceptors (Lipinski definition) is 5. The number of nitrogens with one attached hydrogen (secondary N) is 1. The molecule has 0 saturated heterocycles. The number of halogens is 1. The number of oxazole rings is 1. The van der Waals surface area contributed by atoms with Crippen molar-refractivity contribution in [3.63, 3.8) is 0 Å². The molecule has 4 heterocycles. The van der Waals surface area contributed by atoms with E-state index in [0.29, 0.717) is 16.2 Å². The molecule has 31 heavy (non-hydrogen) atoms. The van der Waals surface area contributed by atoms with Crippen molar-refractivity contribution in [1.29, 1.82) is 0 Å². The van der Waals surface area contributed by atoms with E-state index in [1.165, 1.54) is 6.26 Å². The number of rotatable bonds is 4. The Morgan fingerprint density at radius 2 is 1.90 bits per heavy atom. The number of anilines is 1. The number of aromatic nitrogens is 4. The second-order valence-corrected chi connectivity index (χ2v) is 7.79. The number of carbonyl (C=O) groups is 1. The molecule has 0 radical (unpaired) electrons. The molecule has 0 atom stereocenters. The SMILES string of the molecule is Cc1cc(-c2nc(C(=O)Nc3cn4cc(Br)nc4cc3-c3ccccc3)co2)ccn1. The summed E-state index contributed by atoms with van der Waals surface area (Å²) in [6.45, 7) is 1.88. The Morgan fingerprint density at radius 1 is 1.06 bits per heavy atom. The number of fused-ring (bicyclic) bond motifs is 1. The summed E-state index contributed by atoms with van der Waals surface area (Å²) < 4.78 is 8.09. The van der Waals surface area contributed by atoms with Gasteiger partial charge in [-0.15, -0.1) is 0 Å². The Morgan fingerprint density at radius 3 is 2.71 bits per heavy atom. The molecule has 0 aliphatic carbocycles. The molecule has 0 fully saturated rings. The second kappa shape index (κ2) is 7.81. The molecule has 152 valence electrons. The van der Waals surface area contributed by atoms with Crippen LogP contribution in [-0.4, -0.2) is 25.3 Å². The van der Waals surface area contributed by atoms with Gasteiger partial charge in [0, 0.05) is 35.4 Å². The molecule has 1 amide bonds. The van der Waals surface area contributed by atoms with Gasteiger partial charge in [-0.3, -0.25) is 9.78 Å². The van der Waals surface area contributed by atoms with Crippen molar-refractivity contribution in [2.24, 2.45) is 0 Å². The van der Waals surface area contributed by atoms with E-state index in [-0.39, 0.29) is 11.6 Å². The smallest absolute Gasteiger partial charge is 0.277 e. The maximum atomic E-state index is 13.0. The Hall–Kier alpha value is -3.78. The van der Waals surface area contributed by atoms with Crippen molar-refractivity contribution in [2.45, 2.75) is 6.92 Å². The number of imidazole rings is 1. The van der Waals surface area contributed by atoms with Crippen LogP contribution in [0, 0.1) is 6.92 Å². The predicted molar refractivity (Wildman–Crippen MR) is 121 cm³/mol. The first-order valence-electron chi connectivity index (χ1n) is 9.50. The fraction of sp³-hybridized carbons (Fsp3) is 0.0435. The second-order valence-electron chi connectivity index (χ2n) is 6.97. The van der Waals surface area contributed by atoms with E-state index >= 15 is 0 Å². The van der Waals surface area contributed by atoms with E-state index in [0.717, 1.165) is 28.0 Å². The summed E-state index contributed by atoms with van der Waals surface area (Å²) in [6, 6.07) is 15.4. The minimum absolute atomic E-state index is 0.190. The number of hydrogen-bond donors (Lipinski definition) is 1. The highest BCUT2D eigenvalue weighted by molar-refractivity contribution is 9.10. The summed E-state index contributed by atoms with van der Waals surface area (Å²) in [7, 11) is 0. The highest BCUT2D eigenvalue weighted by atomic mass is 79.9. The van der Waals surface area contributed by atoms with Crippen LogP contribution in [0.15, 0.2) is 82.4 Å². The standard InChI is InChI=1S/C23H16BrN5O2/c1-14-9-16(7-8-25-14)23-27-19(13-31-23)22(30)26-18-11-29-12-20(24)28-21(29)10-17(18)15-5-3-2-4-6-15/h2-13H,1H3,(H,26,30). The van der Waals surface area contributed by atoms with Crippen molar-refractivity contribution >= 4 is 33.2 Å². The zero-order valence-electron chi connectivity index (χ0n) is 16.4. The fourth-order valence-electron chi connectivity index (χ4n) is 3.33. The summed E-state index contributed by atoms with van der Waals surface area (Å²) in [6.07, 6.45) is 6.70. The number of benzene rings is 1. The quantitative estimate of drug-likeness (QED) is 0.378. The van der Waals surface area contributed by atoms with E-state index in [2.05, 4.69) is 36.2 Å². The molecule has 7 nitrogen and oxygen atoms in total. The average molecular weight is 474 g/mol. The Balaban J connectivity index is 1.51. The summed E-state index contributed by atoms with van der Waals surface area (Å²) in [4.78, 5) is 25.9. The first kappa shape index (κ1) is 19.2. The van der Waals surface area contributed by atoms with Crippen LogP contribution in [-0.2, 0) is 0 Å². The Labute approximate surface area is 185 Å². The van der Waals surface area contributed by atoms with Gasteiger partial charge in [0.25, 0.3) is 5.91 Å². The van der Waals surface area contributed by atoms with Gasteiger partial charge in [0.05, 0.1) is 5.69 Å². The normalized spacial score (nSPS) is 11.0. The third-order valence-electron chi connectivity index (χ3n) is 4.78. The van der Waals surface area contributed by atoms with Crippen LogP contribution in [0.3, 0.4) is 0 Å². The number of amides is 1. The number of pyridine rings is 2. The highest BCUT2D eigenvalue weighted by Crippen LogP contribution is 2.30. The first-order valence-corrected chi connectivity index (χ1v) is 10.3. The van der Waals surface area contributed by atoms with Crippen molar-refractivity contribution in [3.05, 3.63) is 89.4 Å². The molecular formula is C23H16BrN5O2. The van der Waals surface area contributed by atoms with Crippen LogP contribution in [0.25, 0.3) is 28.2 Å². The topological polar surface area (TPSA) is 85.3 Å². The minimum Gasteiger partial charge on any atom is -0.444 e. The van der Waals surface area contributed by atoms with E-state index in [4.69, 9.17) is 4.42 Å². The molecule has 5 aromatic rings. The lowest BCUT2D eigenvalue weighted by Gasteiger charge is -2.11. The fourth-order valence-corrected chi connectivity index (χ4v) is 3.74. The molecule has 1 aromatic carbocycles. The summed E-state index contributed by atoms with van der Waals surface area (Å²) >= 11 is 3.40. The van der Waals surface area contributed by atoms with Gasteiger partial charge < -0.3 is 14.1 Å². The summed E-state index contributed by atoms with van der Waals surface area (Å²) in [5, 5.41) is 2.97. The number of nitrogens with zero attached hydrogens (tertiary/aromatic N) is 4. The van der Waals surface area contributed by atoms with Gasteiger partial charge in [0.2, 0.25) is 5.89 Å². The number of carbonyl (C=O) groups excluding carboxylic acids is 1. The molecule has 0 aliphatic rings. The van der Waals surface area contributed by atoms with Crippen LogP contribution in [0.5, 0.6) is 0 Å². The lowest BCUT2D eigenvalue weighted by molar-refractivity contribution is 0.102. The summed E-state index contributed by atoms with van der Waals surface area (Å²) in [5.74, 6) is 0.00409. The van der Waals surface area contributed by atoms with Crippen molar-refractivity contribution in [2.75, 3.05) is 5.32 Å². The predicted octanol–water partition coefficient (Wildman–Crippen LogP) is 5.37. The molecule has 0 unspecified atom stereocenters. The third-order valence-corrected chi connectivity index (χ3v) is 5.16. The summed E-state index contributed by atoms with van der Waals surface area (Å²) in [5.41, 5.74) is 5.02. The van der Waals surface area contributed by atoms with Gasteiger partial charge in [-0.05, 0) is 46.6 Å². The van der Waals surface area contributed by atoms with Gasteiger partial charge in [0.1, 0.15) is 16.5 Å². The first-order chi connectivity index (χ1) is 15.1. The third kappa shape index (κ3) is 3.85. The lowest BCUT2D eigenvalue weighted by Crippen LogP contribution is -2.13. The average Bonchev–Trinajstić information content (AvgIpc) is 3.40. The van der Waals surface area contributed by atoms with E-state index < -0.39 is 0 Å². The van der Waals surface area contributed by atoms with Gasteiger partial charge in [0.15, 0.2) is 5.69 Å². The van der Waals surface area contributed by atoms with Crippen LogP contribution in [0.4, 0.5) is 5.69 Å². The zero-order chi connectivity index (χ0) is 21.4. The molecule has 5 rings (SSSR count). The Bertz CT molecular complexity index is 1410. The van der Waals surface area contributed by atoms with Gasteiger partial charge >= 0.3 is 0 Å². The van der Waals surface area contributed by atoms with Crippen LogP contribution in [0.2, 0.25) is 0 Å². The number of aryl methyl sites for hydroxylation is 1. The zero-order valence-corrected chi connectivity index (χ0v) is 18.0. The van der Waals surface area contributed by atoms with E-state index in [9.17, 15) is 4.79 Å². The van der Waals surface area contributed by atoms with Crippen molar-refractivity contribution < 1.29 is 9.21 Å². The molecule has 8 heteroatoms. The van der Waals surface area contributed by atoms with Crippen LogP contribution in [0.1, 0.15) is 16.2 Å². The van der Waals surface area contributed by atoms with Gasteiger partial charge in [-0.25, -0.2) is 9.97 Å². The molecule has 4 aromatic heterocycles. The molecule has 0 spiro atoms. The maximum absolute atomic E-state index is 13.0. The molecular weight excluding hydrogens is 458 g/mol. The van der Waals surface area contributed by atoms with E-state index in [1.807, 2.05) is 66.2 Å². The molecule has 0 aliphatic heterocycles. The van der Waals surface area contributed by atoms with Crippen LogP contribution >= 0.6 is 15.9 Å². The van der Waals surface area contributed by atoms with Crippen molar-refractivity contribution in [1.82, 2.24) is 19.4 Å². The lowest BCUT2D eigenvalue weighted by atomic mass is 10.1. The highest BCUT2D eigenvalue weighted by Gasteiger charge is 2.17. The molecule has 0 bridgehead atoms. The molecule has 1 N–H and O–H groups in total. The maximum Gasteiger partial charge on any atom is 0.277 e. The Kier molecular flexibility index (Phi) is 4.83. The van der Waals surface area contributed by atoms with Gasteiger partial charge in [-0.1, -0.05) is 30.3 Å². The van der Waals surface area contributed by atoms with Crippen LogP contribution < -0.4 is 5.32 Å². The minimum atomic E-state index is -0.364. The monoisotopic (exact) mass is 473 g/mol.